The number of aromatic nitrogens is 2. The summed E-state index contributed by atoms with van der Waals surface area (Å²) in [5.41, 5.74) is 1.44. The number of anilines is 1. The van der Waals surface area contributed by atoms with Gasteiger partial charge >= 0.3 is 43.3 Å². The number of halogens is 3. The molecule has 206 valence electrons. The molecule has 0 aliphatic carbocycles. The van der Waals surface area contributed by atoms with Gasteiger partial charge in [0.2, 0.25) is 5.95 Å². The van der Waals surface area contributed by atoms with Gasteiger partial charge in [-0.1, -0.05) is 18.2 Å². The van der Waals surface area contributed by atoms with Gasteiger partial charge in [-0.25, -0.2) is 22.6 Å². The van der Waals surface area contributed by atoms with E-state index in [1.807, 2.05) is 54.6 Å². The molecule has 7 nitrogen and oxygen atoms in total. The zero-order valence-electron chi connectivity index (χ0n) is 21.7. The van der Waals surface area contributed by atoms with Gasteiger partial charge in [-0.15, -0.1) is 29.8 Å². The van der Waals surface area contributed by atoms with E-state index >= 15 is 0 Å². The summed E-state index contributed by atoms with van der Waals surface area (Å²) >= 11 is 0. The molecule has 1 N–H and O–H groups in total. The molecule has 1 saturated heterocycles. The van der Waals surface area contributed by atoms with Gasteiger partial charge in [0.25, 0.3) is 0 Å². The van der Waals surface area contributed by atoms with Crippen molar-refractivity contribution in [1.82, 2.24) is 9.97 Å². The fourth-order valence-corrected chi connectivity index (χ4v) is 4.35. The van der Waals surface area contributed by atoms with Crippen LogP contribution in [-0.2, 0) is 17.4 Å². The van der Waals surface area contributed by atoms with Crippen molar-refractivity contribution < 1.29 is 58.9 Å². The number of carboxylic acids is 1. The summed E-state index contributed by atoms with van der Waals surface area (Å²) in [5.74, 6) is -1.55. The van der Waals surface area contributed by atoms with Crippen LogP contribution in [-0.4, -0.2) is 47.0 Å². The Labute approximate surface area is 254 Å². The minimum Gasteiger partial charge on any atom is -0.531 e. The average molecular weight is 775 g/mol. The number of carboxylic acid groups (broad SMARTS) is 1. The molecule has 3 aromatic rings. The summed E-state index contributed by atoms with van der Waals surface area (Å²) in [4.78, 5) is 25.3. The first-order valence-electron chi connectivity index (χ1n) is 12.4. The predicted molar refractivity (Wildman–Crippen MR) is 140 cm³/mol. The number of aliphatic carboxylic acids is 1. The molecule has 2 heterocycles. The second-order valence-corrected chi connectivity index (χ2v) is 9.08. The van der Waals surface area contributed by atoms with Crippen LogP contribution in [0.3, 0.4) is 0 Å². The third kappa shape index (κ3) is 8.67. The van der Waals surface area contributed by atoms with E-state index in [0.717, 1.165) is 29.1 Å². The quantitative estimate of drug-likeness (QED) is 0.221. The van der Waals surface area contributed by atoms with Crippen molar-refractivity contribution in [3.63, 3.8) is 0 Å². The number of hydrogen-bond acceptors (Lipinski definition) is 6. The molecule has 1 aromatic heterocycles. The van der Waals surface area contributed by atoms with Crippen molar-refractivity contribution in [2.45, 2.75) is 25.9 Å². The van der Waals surface area contributed by atoms with Crippen LogP contribution in [0.2, 0.25) is 0 Å². The van der Waals surface area contributed by atoms with E-state index in [1.54, 1.807) is 6.92 Å². The van der Waals surface area contributed by atoms with Crippen LogP contribution < -0.4 is 9.64 Å². The molecule has 11 heteroatoms. The van der Waals surface area contributed by atoms with E-state index in [0.29, 0.717) is 25.2 Å². The van der Waals surface area contributed by atoms with Gasteiger partial charge in [-0.2, -0.15) is 13.2 Å². The first kappa shape index (κ1) is 31.4. The van der Waals surface area contributed by atoms with Gasteiger partial charge in [-0.3, -0.25) is 4.79 Å². The fourth-order valence-electron chi connectivity index (χ4n) is 4.35. The summed E-state index contributed by atoms with van der Waals surface area (Å²) in [6, 6.07) is 17.7. The third-order valence-electron chi connectivity index (χ3n) is 6.39. The van der Waals surface area contributed by atoms with Crippen LogP contribution in [0, 0.1) is 49.0 Å². The smallest absolute Gasteiger partial charge is 0.531 e. The number of carbonyl (C=O) groups is 1. The molecule has 1 aliphatic rings. The summed E-state index contributed by atoms with van der Waals surface area (Å²) in [7, 11) is 0. The SMILES string of the molecule is C[C-]=C(CCOc1ccc(C[C@H]2CN(c3nccc(C(F)(F)F)n3)C[C@H]2C(=O)O)cc1)N=[C-]c1ccccc1.[U+2]. The van der Waals surface area contributed by atoms with Gasteiger partial charge in [0.1, 0.15) is 11.4 Å². The van der Waals surface area contributed by atoms with E-state index in [4.69, 9.17) is 4.74 Å². The van der Waals surface area contributed by atoms with Gasteiger partial charge in [0.15, 0.2) is 0 Å². The molecular formula is C29H27F3N4O3U. The van der Waals surface area contributed by atoms with E-state index in [9.17, 15) is 23.1 Å². The molecule has 2 aromatic carbocycles. The number of allylic oxidation sites excluding steroid dienone is 1. The zero-order valence-corrected chi connectivity index (χ0v) is 25.9. The Morgan fingerprint density at radius 2 is 1.85 bits per heavy atom. The van der Waals surface area contributed by atoms with Crippen LogP contribution >= 0.6 is 0 Å². The van der Waals surface area contributed by atoms with Crippen molar-refractivity contribution >= 4 is 18.1 Å². The molecule has 0 spiro atoms. The van der Waals surface area contributed by atoms with E-state index in [-0.39, 0.29) is 56.1 Å². The van der Waals surface area contributed by atoms with Crippen molar-refractivity contribution in [2.24, 2.45) is 16.8 Å². The first-order valence-corrected chi connectivity index (χ1v) is 12.4. The number of hydrogen-bond donors (Lipinski definition) is 1. The van der Waals surface area contributed by atoms with Crippen LogP contribution in [0.5, 0.6) is 5.75 Å². The number of benzene rings is 2. The number of nitrogens with zero attached hydrogens (tertiary/aromatic N) is 4. The number of alkyl halides is 3. The molecule has 0 radical (unpaired) electrons. The summed E-state index contributed by atoms with van der Waals surface area (Å²) in [6.45, 7) is 2.45. The normalized spacial score (nSPS) is 17.6. The molecule has 40 heavy (non-hydrogen) atoms. The Hall–Kier alpha value is -3.16. The van der Waals surface area contributed by atoms with Gasteiger partial charge in [-0.05, 0) is 48.7 Å². The van der Waals surface area contributed by atoms with Crippen molar-refractivity contribution in [3.05, 3.63) is 95.5 Å². The molecule has 0 unspecified atom stereocenters. The van der Waals surface area contributed by atoms with E-state index in [1.165, 1.54) is 4.90 Å². The molecular weight excluding hydrogens is 747 g/mol. The molecule has 4 rings (SSSR count). The predicted octanol–water partition coefficient (Wildman–Crippen LogP) is 5.35. The van der Waals surface area contributed by atoms with Gasteiger partial charge < -0.3 is 25.8 Å². The molecule has 1 aliphatic heterocycles. The Balaban J connectivity index is 0.00000441. The van der Waals surface area contributed by atoms with E-state index < -0.39 is 23.8 Å². The zero-order chi connectivity index (χ0) is 27.8. The van der Waals surface area contributed by atoms with E-state index in [2.05, 4.69) is 27.3 Å². The first-order chi connectivity index (χ1) is 18.7. The Morgan fingerprint density at radius 1 is 1.12 bits per heavy atom. The Bertz CT molecular complexity index is 1320. The number of aliphatic imine (C=N–C) groups is 1. The summed E-state index contributed by atoms with van der Waals surface area (Å²) in [5, 5.41) is 9.73. The number of rotatable bonds is 10. The molecule has 0 bridgehead atoms. The van der Waals surface area contributed by atoms with Crippen LogP contribution in [0.4, 0.5) is 19.1 Å². The molecule has 1 fully saturated rings. The standard InChI is InChI=1S/C29H27F3N4O3.U/c1-2-23(34-17-21-6-4-3-5-7-21)13-15-39-24-10-8-20(9-11-24)16-22-18-36(19-25(22)27(37)38)28-33-14-12-26(35-28)29(30,31)32;/h3-12,14,22,25H,13,15-16,18-19H2,1H3,(H,37,38);/q-2;+2/t22-,25+;/m0./s1. The second kappa shape index (κ2) is 14.5. The second-order valence-electron chi connectivity index (χ2n) is 9.08. The number of ether oxygens (including phenoxy) is 1. The topological polar surface area (TPSA) is 87.9 Å². The van der Waals surface area contributed by atoms with Crippen molar-refractivity contribution in [3.8, 4) is 5.75 Å². The maximum Gasteiger partial charge on any atom is 2.00 e. The molecule has 2 atom stereocenters. The minimum atomic E-state index is -4.60. The monoisotopic (exact) mass is 774 g/mol. The van der Waals surface area contributed by atoms with Crippen molar-refractivity contribution in [1.29, 1.82) is 0 Å². The van der Waals surface area contributed by atoms with Gasteiger partial charge in [0.05, 0.1) is 12.5 Å². The third-order valence-corrected chi connectivity index (χ3v) is 6.39. The Morgan fingerprint density at radius 3 is 2.50 bits per heavy atom. The van der Waals surface area contributed by atoms with Crippen molar-refractivity contribution in [2.75, 3.05) is 24.6 Å². The van der Waals surface area contributed by atoms with Gasteiger partial charge in [0, 0.05) is 19.3 Å². The molecule has 0 saturated carbocycles. The Kier molecular flexibility index (Phi) is 11.3. The minimum absolute atomic E-state index is 0. The fraction of sp³-hybridized carbons (Fsp3) is 0.310. The maximum absolute atomic E-state index is 13.1. The maximum atomic E-state index is 13.1. The summed E-state index contributed by atoms with van der Waals surface area (Å²) in [6.07, 6.45) is 3.45. The largest absolute Gasteiger partial charge is 2.00 e. The van der Waals surface area contributed by atoms with Crippen LogP contribution in [0.15, 0.2) is 77.5 Å². The molecule has 0 amide bonds. The van der Waals surface area contributed by atoms with Crippen LogP contribution in [0.1, 0.15) is 30.2 Å². The average Bonchev–Trinajstić information content (AvgIpc) is 3.36. The van der Waals surface area contributed by atoms with Crippen LogP contribution in [0.25, 0.3) is 0 Å². The summed E-state index contributed by atoms with van der Waals surface area (Å²) < 4.78 is 45.0.